The Balaban J connectivity index is 1.04. The van der Waals surface area contributed by atoms with Crippen LogP contribution in [0.5, 0.6) is 0 Å². The first kappa shape index (κ1) is 32.8. The van der Waals surface area contributed by atoms with E-state index in [1.807, 2.05) is 0 Å². The minimum Gasteiger partial charge on any atom is -0.310 e. The highest BCUT2D eigenvalue weighted by molar-refractivity contribution is 6.10. The van der Waals surface area contributed by atoms with Crippen LogP contribution in [0.2, 0.25) is 0 Å². The molecule has 0 amide bonds. The normalized spacial score (nSPS) is 13.1. The Morgan fingerprint density at radius 2 is 0.948 bits per heavy atom. The van der Waals surface area contributed by atoms with E-state index < -0.39 is 5.41 Å². The number of benzene rings is 9. The second-order valence-corrected chi connectivity index (χ2v) is 15.7. The molecule has 1 heterocycles. The highest BCUT2D eigenvalue weighted by Crippen LogP contribution is 2.64. The van der Waals surface area contributed by atoms with Crippen LogP contribution in [0.15, 0.2) is 212 Å². The summed E-state index contributed by atoms with van der Waals surface area (Å²) in [4.78, 5) is 2.48. The number of hydrogen-bond donors (Lipinski definition) is 0. The van der Waals surface area contributed by atoms with Crippen LogP contribution in [-0.4, -0.2) is 4.57 Å². The van der Waals surface area contributed by atoms with Crippen molar-refractivity contribution in [2.24, 2.45) is 0 Å². The van der Waals surface area contributed by atoms with Gasteiger partial charge in [-0.3, -0.25) is 0 Å². The minimum absolute atomic E-state index is 0.404. The van der Waals surface area contributed by atoms with E-state index in [1.165, 1.54) is 100 Å². The van der Waals surface area contributed by atoms with Crippen molar-refractivity contribution in [3.05, 3.63) is 240 Å². The van der Waals surface area contributed by atoms with Crippen LogP contribution in [-0.2, 0) is 5.41 Å². The van der Waals surface area contributed by atoms with Gasteiger partial charge in [-0.1, -0.05) is 158 Å². The first-order valence-electron chi connectivity index (χ1n) is 20.2. The maximum absolute atomic E-state index is 2.48. The third kappa shape index (κ3) is 4.49. The van der Waals surface area contributed by atoms with E-state index in [0.29, 0.717) is 0 Å². The van der Waals surface area contributed by atoms with Crippen LogP contribution >= 0.6 is 0 Å². The van der Waals surface area contributed by atoms with Gasteiger partial charge in [0, 0.05) is 33.4 Å². The predicted octanol–water partition coefficient (Wildman–Crippen LogP) is 14.6. The second-order valence-electron chi connectivity index (χ2n) is 15.7. The summed E-state index contributed by atoms with van der Waals surface area (Å²) in [7, 11) is 0. The molecule has 0 radical (unpaired) electrons. The molecule has 0 aliphatic heterocycles. The molecule has 9 aromatic carbocycles. The lowest BCUT2D eigenvalue weighted by atomic mass is 9.70. The Labute approximate surface area is 338 Å². The largest absolute Gasteiger partial charge is 0.310 e. The van der Waals surface area contributed by atoms with Crippen molar-refractivity contribution in [2.75, 3.05) is 4.90 Å². The zero-order valence-electron chi connectivity index (χ0n) is 32.1. The third-order valence-electron chi connectivity index (χ3n) is 12.7. The summed E-state index contributed by atoms with van der Waals surface area (Å²) >= 11 is 0. The molecule has 0 fully saturated rings. The summed E-state index contributed by atoms with van der Waals surface area (Å²) in [5, 5.41) is 2.51. The molecule has 2 aliphatic rings. The average Bonchev–Trinajstić information content (AvgIpc) is 3.90. The SMILES string of the molecule is Cc1ccccc1N(c1ccc(-c2ccc3c(c2)c2ccccc2n3-c2ccccc2)cc1)c1cccc2c1-c1ccccc1C21c2ccccc2-c2ccccc21. The van der Waals surface area contributed by atoms with Crippen molar-refractivity contribution in [3.63, 3.8) is 0 Å². The van der Waals surface area contributed by atoms with Crippen molar-refractivity contribution in [1.29, 1.82) is 0 Å². The molecular formula is C56H38N2. The molecule has 2 aliphatic carbocycles. The molecule has 12 rings (SSSR count). The molecule has 0 atom stereocenters. The van der Waals surface area contributed by atoms with Crippen LogP contribution in [0.25, 0.3) is 60.9 Å². The first-order chi connectivity index (χ1) is 28.7. The van der Waals surface area contributed by atoms with E-state index >= 15 is 0 Å². The molecule has 0 unspecified atom stereocenters. The van der Waals surface area contributed by atoms with Crippen LogP contribution in [0, 0.1) is 6.92 Å². The fraction of sp³-hybridized carbons (Fsp3) is 0.0357. The second kappa shape index (κ2) is 12.5. The van der Waals surface area contributed by atoms with Gasteiger partial charge in [-0.15, -0.1) is 0 Å². The summed E-state index contributed by atoms with van der Waals surface area (Å²) in [5.74, 6) is 0. The Morgan fingerprint density at radius 1 is 0.397 bits per heavy atom. The highest BCUT2D eigenvalue weighted by atomic mass is 15.1. The molecule has 2 heteroatoms. The van der Waals surface area contributed by atoms with Crippen molar-refractivity contribution in [1.82, 2.24) is 4.57 Å². The molecule has 272 valence electrons. The molecule has 1 aromatic heterocycles. The lowest BCUT2D eigenvalue weighted by Crippen LogP contribution is -2.26. The van der Waals surface area contributed by atoms with Gasteiger partial charge in [-0.2, -0.15) is 0 Å². The monoisotopic (exact) mass is 738 g/mol. The van der Waals surface area contributed by atoms with E-state index in [4.69, 9.17) is 0 Å². The summed E-state index contributed by atoms with van der Waals surface area (Å²) < 4.78 is 2.38. The van der Waals surface area contributed by atoms with Gasteiger partial charge in [0.15, 0.2) is 0 Å². The number of aryl methyl sites for hydroxylation is 1. The lowest BCUT2D eigenvalue weighted by molar-refractivity contribution is 0.794. The van der Waals surface area contributed by atoms with Gasteiger partial charge in [0.2, 0.25) is 0 Å². The number of anilines is 3. The smallest absolute Gasteiger partial charge is 0.0726 e. The molecular weight excluding hydrogens is 701 g/mol. The fourth-order valence-corrected chi connectivity index (χ4v) is 10.3. The first-order valence-corrected chi connectivity index (χ1v) is 20.2. The summed E-state index contributed by atoms with van der Waals surface area (Å²) in [6, 6.07) is 78.4. The van der Waals surface area contributed by atoms with Gasteiger partial charge in [0.05, 0.1) is 22.1 Å². The standard InChI is InChI=1S/C56H38N2/c1-37-16-5-13-27-51(37)57(41-33-30-38(31-34-41)39-32-35-53-46(36-39)44-21-9-14-28-52(44)58(53)40-17-3-2-4-18-40)54-29-15-26-50-55(54)45-22-8-12-25-49(45)56(50)47-23-10-6-19-42(47)43-20-7-11-24-48(43)56/h2-36H,1H3. The van der Waals surface area contributed by atoms with Gasteiger partial charge in [0.1, 0.15) is 0 Å². The number of nitrogens with zero attached hydrogens (tertiary/aromatic N) is 2. The Bertz CT molecular complexity index is 3200. The number of hydrogen-bond acceptors (Lipinski definition) is 1. The Kier molecular flexibility index (Phi) is 7.09. The van der Waals surface area contributed by atoms with Gasteiger partial charge in [-0.25, -0.2) is 0 Å². The molecule has 0 N–H and O–H groups in total. The van der Waals surface area contributed by atoms with Crippen molar-refractivity contribution in [2.45, 2.75) is 12.3 Å². The molecule has 0 saturated heterocycles. The van der Waals surface area contributed by atoms with Crippen LogP contribution in [0.1, 0.15) is 27.8 Å². The van der Waals surface area contributed by atoms with Crippen LogP contribution < -0.4 is 4.90 Å². The molecule has 1 spiro atoms. The topological polar surface area (TPSA) is 8.17 Å². The van der Waals surface area contributed by atoms with Crippen LogP contribution in [0.4, 0.5) is 17.1 Å². The van der Waals surface area contributed by atoms with Crippen LogP contribution in [0.3, 0.4) is 0 Å². The maximum Gasteiger partial charge on any atom is 0.0726 e. The third-order valence-corrected chi connectivity index (χ3v) is 12.7. The zero-order valence-corrected chi connectivity index (χ0v) is 32.1. The molecule has 10 aromatic rings. The van der Waals surface area contributed by atoms with Crippen molar-refractivity contribution >= 4 is 38.9 Å². The molecule has 58 heavy (non-hydrogen) atoms. The number of fused-ring (bicyclic) bond motifs is 13. The van der Waals surface area contributed by atoms with E-state index in [1.54, 1.807) is 0 Å². The highest BCUT2D eigenvalue weighted by Gasteiger charge is 2.52. The summed E-state index contributed by atoms with van der Waals surface area (Å²) in [6.07, 6.45) is 0. The fourth-order valence-electron chi connectivity index (χ4n) is 10.3. The molecule has 2 nitrogen and oxygen atoms in total. The minimum atomic E-state index is -0.404. The Morgan fingerprint density at radius 3 is 1.69 bits per heavy atom. The van der Waals surface area contributed by atoms with E-state index in [9.17, 15) is 0 Å². The quantitative estimate of drug-likeness (QED) is 0.171. The van der Waals surface area contributed by atoms with E-state index in [2.05, 4.69) is 229 Å². The summed E-state index contributed by atoms with van der Waals surface area (Å²) in [6.45, 7) is 2.22. The summed E-state index contributed by atoms with van der Waals surface area (Å²) in [5.41, 5.74) is 20.9. The van der Waals surface area contributed by atoms with E-state index in [0.717, 1.165) is 5.69 Å². The van der Waals surface area contributed by atoms with E-state index in [-0.39, 0.29) is 0 Å². The van der Waals surface area contributed by atoms with Crippen molar-refractivity contribution < 1.29 is 0 Å². The molecule has 0 saturated carbocycles. The average molecular weight is 739 g/mol. The number of para-hydroxylation sites is 3. The van der Waals surface area contributed by atoms with Gasteiger partial charge < -0.3 is 9.47 Å². The van der Waals surface area contributed by atoms with Gasteiger partial charge >= 0.3 is 0 Å². The number of rotatable bonds is 5. The van der Waals surface area contributed by atoms with Gasteiger partial charge in [-0.05, 0) is 117 Å². The maximum atomic E-state index is 2.48. The molecule has 0 bridgehead atoms. The number of aromatic nitrogens is 1. The van der Waals surface area contributed by atoms with Gasteiger partial charge in [0.25, 0.3) is 0 Å². The predicted molar refractivity (Wildman–Crippen MR) is 242 cm³/mol. The zero-order chi connectivity index (χ0) is 38.4. The Hall–Kier alpha value is -7.42. The van der Waals surface area contributed by atoms with Crippen molar-refractivity contribution in [3.8, 4) is 39.1 Å². The lowest BCUT2D eigenvalue weighted by Gasteiger charge is -2.32.